The van der Waals surface area contributed by atoms with Gasteiger partial charge >= 0.3 is 0 Å². The van der Waals surface area contributed by atoms with Crippen LogP contribution in [0.5, 0.6) is 0 Å². The van der Waals surface area contributed by atoms with E-state index in [0.717, 1.165) is 0 Å². The van der Waals surface area contributed by atoms with Crippen molar-refractivity contribution in [3.8, 4) is 0 Å². The van der Waals surface area contributed by atoms with E-state index in [1.54, 1.807) is 6.07 Å². The number of benzene rings is 1. The van der Waals surface area contributed by atoms with Crippen LogP contribution in [0.1, 0.15) is 6.42 Å². The average molecular weight is 322 g/mol. The molecular weight excluding hydrogens is 310 g/mol. The quantitative estimate of drug-likeness (QED) is 0.671. The first-order chi connectivity index (χ1) is 7.83. The Bertz CT molecular complexity index is 530. The van der Waals surface area contributed by atoms with Gasteiger partial charge in [0.15, 0.2) is 0 Å². The SMILES string of the molecule is NC(=O)CCNS(=O)(=O)c1cc(N)ccc1Br. The van der Waals surface area contributed by atoms with Crippen molar-refractivity contribution in [1.29, 1.82) is 0 Å². The summed E-state index contributed by atoms with van der Waals surface area (Å²) in [7, 11) is -3.69. The Balaban J connectivity index is 2.89. The molecule has 0 saturated heterocycles. The molecule has 0 atom stereocenters. The summed E-state index contributed by atoms with van der Waals surface area (Å²) in [5.74, 6) is -0.570. The van der Waals surface area contributed by atoms with Crippen molar-refractivity contribution in [1.82, 2.24) is 4.72 Å². The predicted molar refractivity (Wildman–Crippen MR) is 67.6 cm³/mol. The second kappa shape index (κ2) is 5.48. The highest BCUT2D eigenvalue weighted by Crippen LogP contribution is 2.23. The zero-order chi connectivity index (χ0) is 13.1. The number of rotatable bonds is 5. The van der Waals surface area contributed by atoms with Crippen molar-refractivity contribution in [2.45, 2.75) is 11.3 Å². The van der Waals surface area contributed by atoms with Gasteiger partial charge in [0, 0.05) is 23.1 Å². The van der Waals surface area contributed by atoms with Gasteiger partial charge in [-0.15, -0.1) is 0 Å². The first kappa shape index (κ1) is 13.9. The molecular formula is C9H12BrN3O3S. The van der Waals surface area contributed by atoms with E-state index < -0.39 is 15.9 Å². The normalized spacial score (nSPS) is 11.4. The van der Waals surface area contributed by atoms with Gasteiger partial charge in [-0.3, -0.25) is 4.79 Å². The van der Waals surface area contributed by atoms with Crippen molar-refractivity contribution in [3.05, 3.63) is 22.7 Å². The Morgan fingerprint density at radius 1 is 1.41 bits per heavy atom. The van der Waals surface area contributed by atoms with Crippen LogP contribution in [0.2, 0.25) is 0 Å². The van der Waals surface area contributed by atoms with Crippen molar-refractivity contribution >= 4 is 37.5 Å². The summed E-state index contributed by atoms with van der Waals surface area (Å²) in [6.07, 6.45) is -0.0564. The van der Waals surface area contributed by atoms with Crippen LogP contribution >= 0.6 is 15.9 Å². The van der Waals surface area contributed by atoms with Crippen molar-refractivity contribution in [3.63, 3.8) is 0 Å². The maximum Gasteiger partial charge on any atom is 0.241 e. The van der Waals surface area contributed by atoms with Gasteiger partial charge < -0.3 is 11.5 Å². The number of sulfonamides is 1. The molecule has 0 spiro atoms. The van der Waals surface area contributed by atoms with E-state index >= 15 is 0 Å². The minimum Gasteiger partial charge on any atom is -0.399 e. The number of nitrogen functional groups attached to an aromatic ring is 1. The lowest BCUT2D eigenvalue weighted by molar-refractivity contribution is -0.117. The monoisotopic (exact) mass is 321 g/mol. The van der Waals surface area contributed by atoms with Gasteiger partial charge in [-0.1, -0.05) is 0 Å². The van der Waals surface area contributed by atoms with Crippen molar-refractivity contribution in [2.24, 2.45) is 5.73 Å². The van der Waals surface area contributed by atoms with E-state index in [-0.39, 0.29) is 17.9 Å². The lowest BCUT2D eigenvalue weighted by Gasteiger charge is -2.08. The van der Waals surface area contributed by atoms with Crippen molar-refractivity contribution in [2.75, 3.05) is 12.3 Å². The van der Waals surface area contributed by atoms with E-state index in [0.29, 0.717) is 10.2 Å². The largest absolute Gasteiger partial charge is 0.399 e. The summed E-state index contributed by atoms with van der Waals surface area (Å²) in [6.45, 7) is -0.0428. The highest BCUT2D eigenvalue weighted by Gasteiger charge is 2.17. The third-order valence-electron chi connectivity index (χ3n) is 1.91. The summed E-state index contributed by atoms with van der Waals surface area (Å²) in [5.41, 5.74) is 10.8. The molecule has 0 aromatic heterocycles. The Morgan fingerprint density at radius 2 is 2.06 bits per heavy atom. The lowest BCUT2D eigenvalue weighted by atomic mass is 10.3. The number of nitrogens with one attached hydrogen (secondary N) is 1. The molecule has 0 saturated carbocycles. The number of anilines is 1. The number of nitrogens with two attached hydrogens (primary N) is 2. The number of hydrogen-bond acceptors (Lipinski definition) is 4. The van der Waals surface area contributed by atoms with Crippen LogP contribution in [-0.2, 0) is 14.8 Å². The van der Waals surface area contributed by atoms with Gasteiger partial charge in [-0.05, 0) is 34.1 Å². The first-order valence-corrected chi connectivity index (χ1v) is 6.93. The molecule has 0 bridgehead atoms. The maximum atomic E-state index is 11.8. The Kier molecular flexibility index (Phi) is 4.49. The number of carbonyl (C=O) groups is 1. The minimum absolute atomic E-state index is 0.0296. The van der Waals surface area contributed by atoms with Gasteiger partial charge in [-0.2, -0.15) is 0 Å². The summed E-state index contributed by atoms with van der Waals surface area (Å²) in [6, 6.07) is 4.45. The van der Waals surface area contributed by atoms with Crippen LogP contribution < -0.4 is 16.2 Å². The highest BCUT2D eigenvalue weighted by molar-refractivity contribution is 9.10. The number of hydrogen-bond donors (Lipinski definition) is 3. The van der Waals surface area contributed by atoms with Gasteiger partial charge in [0.05, 0.1) is 4.90 Å². The molecule has 1 aromatic rings. The van der Waals surface area contributed by atoms with Crippen molar-refractivity contribution < 1.29 is 13.2 Å². The third kappa shape index (κ3) is 3.99. The second-order valence-electron chi connectivity index (χ2n) is 3.30. The van der Waals surface area contributed by atoms with Crippen LogP contribution in [0, 0.1) is 0 Å². The average Bonchev–Trinajstić information content (AvgIpc) is 2.20. The maximum absolute atomic E-state index is 11.8. The number of carbonyl (C=O) groups excluding carboxylic acids is 1. The van der Waals surface area contributed by atoms with Gasteiger partial charge in [0.2, 0.25) is 15.9 Å². The van der Waals surface area contributed by atoms with E-state index in [4.69, 9.17) is 11.5 Å². The van der Waals surface area contributed by atoms with E-state index in [1.165, 1.54) is 12.1 Å². The molecule has 8 heteroatoms. The highest BCUT2D eigenvalue weighted by atomic mass is 79.9. The molecule has 0 unspecified atom stereocenters. The Hall–Kier alpha value is -1.12. The topological polar surface area (TPSA) is 115 Å². The zero-order valence-electron chi connectivity index (χ0n) is 8.81. The van der Waals surface area contributed by atoms with Gasteiger partial charge in [-0.25, -0.2) is 13.1 Å². The van der Waals surface area contributed by atoms with Crippen LogP contribution in [0.15, 0.2) is 27.6 Å². The summed E-state index contributed by atoms with van der Waals surface area (Å²) < 4.78 is 26.3. The van der Waals surface area contributed by atoms with Gasteiger partial charge in [0.25, 0.3) is 0 Å². The van der Waals surface area contributed by atoms with E-state index in [1.807, 2.05) is 0 Å². The standard InChI is InChI=1S/C9H12BrN3O3S/c10-7-2-1-6(11)5-8(7)17(15,16)13-4-3-9(12)14/h1-2,5,13H,3-4,11H2,(H2,12,14). The van der Waals surface area contributed by atoms with Gasteiger partial charge in [0.1, 0.15) is 0 Å². The molecule has 0 heterocycles. The van der Waals surface area contributed by atoms with Crippen LogP contribution in [0.4, 0.5) is 5.69 Å². The number of primary amides is 1. The molecule has 1 amide bonds. The molecule has 0 aliphatic heterocycles. The lowest BCUT2D eigenvalue weighted by Crippen LogP contribution is -2.28. The summed E-state index contributed by atoms with van der Waals surface area (Å²) >= 11 is 3.12. The molecule has 17 heavy (non-hydrogen) atoms. The molecule has 0 radical (unpaired) electrons. The van der Waals surface area contributed by atoms with E-state index in [2.05, 4.69) is 20.7 Å². The fourth-order valence-electron chi connectivity index (χ4n) is 1.11. The predicted octanol–water partition coefficient (Wildman–Crippen LogP) is 0.185. The molecule has 0 aliphatic rings. The number of amides is 1. The molecule has 1 rings (SSSR count). The summed E-state index contributed by atoms with van der Waals surface area (Å²) in [4.78, 5) is 10.5. The molecule has 5 N–H and O–H groups in total. The van der Waals surface area contributed by atoms with Crippen LogP contribution in [-0.4, -0.2) is 20.9 Å². The molecule has 0 aliphatic carbocycles. The summed E-state index contributed by atoms with van der Waals surface area (Å²) in [5, 5.41) is 0. The van der Waals surface area contributed by atoms with Crippen LogP contribution in [0.3, 0.4) is 0 Å². The van der Waals surface area contributed by atoms with E-state index in [9.17, 15) is 13.2 Å². The Morgan fingerprint density at radius 3 is 2.65 bits per heavy atom. The number of halogens is 1. The van der Waals surface area contributed by atoms with Crippen LogP contribution in [0.25, 0.3) is 0 Å². The molecule has 6 nitrogen and oxygen atoms in total. The fraction of sp³-hybridized carbons (Fsp3) is 0.222. The molecule has 1 aromatic carbocycles. The first-order valence-electron chi connectivity index (χ1n) is 4.66. The molecule has 94 valence electrons. The minimum atomic E-state index is -3.69. The second-order valence-corrected chi connectivity index (χ2v) is 5.89. The molecule has 0 fully saturated rings. The smallest absolute Gasteiger partial charge is 0.241 e. The Labute approximate surface area is 108 Å². The third-order valence-corrected chi connectivity index (χ3v) is 4.36. The zero-order valence-corrected chi connectivity index (χ0v) is 11.2. The fourth-order valence-corrected chi connectivity index (χ4v) is 3.14.